The minimum Gasteiger partial charge on any atom is -0.495 e. The lowest BCUT2D eigenvalue weighted by Crippen LogP contribution is -2.51. The first-order valence-electron chi connectivity index (χ1n) is 11.3. The van der Waals surface area contributed by atoms with Gasteiger partial charge >= 0.3 is 12.0 Å². The minimum atomic E-state index is -0.642. The maximum atomic E-state index is 13.0. The van der Waals surface area contributed by atoms with Crippen LogP contribution in [0.2, 0.25) is 5.02 Å². The largest absolute Gasteiger partial charge is 0.495 e. The van der Waals surface area contributed by atoms with Gasteiger partial charge in [-0.2, -0.15) is 0 Å². The van der Waals surface area contributed by atoms with Crippen LogP contribution in [0.5, 0.6) is 5.75 Å². The van der Waals surface area contributed by atoms with E-state index in [1.165, 1.54) is 0 Å². The molecule has 8 nitrogen and oxygen atoms in total. The second-order valence-electron chi connectivity index (χ2n) is 8.13. The third-order valence-electron chi connectivity index (χ3n) is 6.01. The van der Waals surface area contributed by atoms with Gasteiger partial charge in [-0.15, -0.1) is 0 Å². The number of benzene rings is 2. The molecule has 9 heteroatoms. The Bertz CT molecular complexity index is 1080. The fourth-order valence-electron chi connectivity index (χ4n) is 4.39. The first kappa shape index (κ1) is 23.9. The highest BCUT2D eigenvalue weighted by molar-refractivity contribution is 6.30. The first-order chi connectivity index (χ1) is 16.5. The van der Waals surface area contributed by atoms with E-state index < -0.39 is 12.0 Å². The van der Waals surface area contributed by atoms with E-state index in [9.17, 15) is 9.59 Å². The van der Waals surface area contributed by atoms with Crippen LogP contribution in [0, 0.1) is 0 Å². The number of hydrogen-bond acceptors (Lipinski definition) is 6. The number of hydrogen-bond donors (Lipinski definition) is 2. The van der Waals surface area contributed by atoms with E-state index in [0.29, 0.717) is 22.8 Å². The number of amides is 2. The van der Waals surface area contributed by atoms with Crippen molar-refractivity contribution in [3.8, 4) is 5.75 Å². The number of ether oxygens (including phenoxy) is 2. The zero-order valence-corrected chi connectivity index (χ0v) is 20.1. The van der Waals surface area contributed by atoms with Gasteiger partial charge in [-0.25, -0.2) is 9.59 Å². The van der Waals surface area contributed by atoms with E-state index in [2.05, 4.69) is 26.5 Å². The predicted octanol–water partition coefficient (Wildman–Crippen LogP) is 3.34. The lowest BCUT2D eigenvalue weighted by Gasteiger charge is -2.38. The van der Waals surface area contributed by atoms with Crippen LogP contribution in [0.25, 0.3) is 0 Å². The van der Waals surface area contributed by atoms with E-state index in [4.69, 9.17) is 21.1 Å². The average Bonchev–Trinajstić information content (AvgIpc) is 2.84. The van der Waals surface area contributed by atoms with Crippen LogP contribution in [0.3, 0.4) is 0 Å². The molecule has 34 heavy (non-hydrogen) atoms. The molecule has 1 saturated heterocycles. The van der Waals surface area contributed by atoms with E-state index in [1.807, 2.05) is 24.3 Å². The summed E-state index contributed by atoms with van der Waals surface area (Å²) in [6, 6.07) is 14.1. The Hall–Kier alpha value is -3.23. The maximum Gasteiger partial charge on any atom is 0.338 e. The zero-order valence-electron chi connectivity index (χ0n) is 19.3. The van der Waals surface area contributed by atoms with Crippen LogP contribution in [-0.2, 0) is 9.53 Å². The predicted molar refractivity (Wildman–Crippen MR) is 131 cm³/mol. The summed E-state index contributed by atoms with van der Waals surface area (Å²) in [5.41, 5.74) is 2.74. The number of rotatable bonds is 7. The highest BCUT2D eigenvalue weighted by atomic mass is 35.5. The molecule has 2 N–H and O–H groups in total. The van der Waals surface area contributed by atoms with E-state index in [-0.39, 0.29) is 12.6 Å². The van der Waals surface area contributed by atoms with Gasteiger partial charge in [0.2, 0.25) is 0 Å². The molecule has 1 unspecified atom stereocenters. The molecule has 1 atom stereocenters. The Morgan fingerprint density at radius 2 is 1.88 bits per heavy atom. The number of anilines is 1. The summed E-state index contributed by atoms with van der Waals surface area (Å²) in [7, 11) is 1.68. The topological polar surface area (TPSA) is 83.1 Å². The molecule has 4 rings (SSSR count). The summed E-state index contributed by atoms with van der Waals surface area (Å²) in [4.78, 5) is 30.0. The normalized spacial score (nSPS) is 18.9. The highest BCUT2D eigenvalue weighted by Gasteiger charge is 2.35. The molecule has 2 aromatic carbocycles. The number of carbonyl (C=O) groups is 2. The number of nitrogens with one attached hydrogen (secondary N) is 2. The number of halogens is 1. The van der Waals surface area contributed by atoms with Crippen LogP contribution in [-0.4, -0.2) is 63.3 Å². The van der Waals surface area contributed by atoms with Gasteiger partial charge in [0.15, 0.2) is 0 Å². The fourth-order valence-corrected chi connectivity index (χ4v) is 4.59. The minimum absolute atomic E-state index is 0.239. The van der Waals surface area contributed by atoms with Gasteiger partial charge in [0, 0.05) is 43.4 Å². The Kier molecular flexibility index (Phi) is 7.59. The van der Waals surface area contributed by atoms with Crippen molar-refractivity contribution in [1.82, 2.24) is 15.5 Å². The molecule has 0 aliphatic carbocycles. The first-order valence-corrected chi connectivity index (χ1v) is 11.7. The van der Waals surface area contributed by atoms with Gasteiger partial charge in [-0.05, 0) is 36.8 Å². The SMILES string of the molecule is CCOC(=O)C1=C(CN2CCN(c3ccccc3OC)CC2)NC(=O)NC1c1cccc(Cl)c1. The van der Waals surface area contributed by atoms with Crippen molar-refractivity contribution in [2.45, 2.75) is 13.0 Å². The molecule has 2 aliphatic heterocycles. The molecular weight excluding hydrogens is 456 g/mol. The lowest BCUT2D eigenvalue weighted by molar-refractivity contribution is -0.139. The van der Waals surface area contributed by atoms with Crippen molar-refractivity contribution >= 4 is 29.3 Å². The molecule has 0 bridgehead atoms. The molecule has 0 spiro atoms. The quantitative estimate of drug-likeness (QED) is 0.586. The summed E-state index contributed by atoms with van der Waals surface area (Å²) in [5.74, 6) is 0.390. The Labute approximate surface area is 204 Å². The number of esters is 1. The van der Waals surface area contributed by atoms with E-state index in [0.717, 1.165) is 43.2 Å². The second kappa shape index (κ2) is 10.8. The van der Waals surface area contributed by atoms with E-state index >= 15 is 0 Å². The van der Waals surface area contributed by atoms with E-state index in [1.54, 1.807) is 32.2 Å². The average molecular weight is 485 g/mol. The lowest BCUT2D eigenvalue weighted by atomic mass is 9.95. The summed E-state index contributed by atoms with van der Waals surface area (Å²) in [6.45, 7) is 5.56. The highest BCUT2D eigenvalue weighted by Crippen LogP contribution is 2.31. The van der Waals surface area contributed by atoms with Crippen LogP contribution in [0.1, 0.15) is 18.5 Å². The molecule has 2 amide bonds. The molecule has 180 valence electrons. The summed E-state index contributed by atoms with van der Waals surface area (Å²) < 4.78 is 10.9. The van der Waals surface area contributed by atoms with Gasteiger partial charge in [-0.3, -0.25) is 4.90 Å². The molecule has 2 heterocycles. The molecule has 0 aromatic heterocycles. The van der Waals surface area contributed by atoms with Crippen molar-refractivity contribution in [1.29, 1.82) is 0 Å². The smallest absolute Gasteiger partial charge is 0.338 e. The second-order valence-corrected chi connectivity index (χ2v) is 8.57. The molecule has 0 saturated carbocycles. The van der Waals surface area contributed by atoms with Gasteiger partial charge in [0.25, 0.3) is 0 Å². The molecule has 1 fully saturated rings. The van der Waals surface area contributed by atoms with Crippen molar-refractivity contribution in [2.24, 2.45) is 0 Å². The fraction of sp³-hybridized carbons (Fsp3) is 0.360. The van der Waals surface area contributed by atoms with Crippen molar-refractivity contribution in [2.75, 3.05) is 51.3 Å². The Morgan fingerprint density at radius 1 is 1.12 bits per heavy atom. The maximum absolute atomic E-state index is 13.0. The molecule has 2 aliphatic rings. The number of urea groups is 1. The number of piperazine rings is 1. The van der Waals surface area contributed by atoms with Gasteiger partial charge in [0.1, 0.15) is 5.75 Å². The molecular formula is C25H29ClN4O4. The number of carbonyl (C=O) groups excluding carboxylic acids is 2. The third kappa shape index (κ3) is 5.29. The number of para-hydroxylation sites is 2. The van der Waals surface area contributed by atoms with Crippen molar-refractivity contribution in [3.05, 3.63) is 70.4 Å². The molecule has 0 radical (unpaired) electrons. The Balaban J connectivity index is 1.56. The number of methoxy groups -OCH3 is 1. The monoisotopic (exact) mass is 484 g/mol. The van der Waals surface area contributed by atoms with Gasteiger partial charge in [-0.1, -0.05) is 35.9 Å². The van der Waals surface area contributed by atoms with Crippen LogP contribution in [0.4, 0.5) is 10.5 Å². The summed E-state index contributed by atoms with van der Waals surface area (Å²) >= 11 is 6.18. The van der Waals surface area contributed by atoms with Crippen LogP contribution >= 0.6 is 11.6 Å². The van der Waals surface area contributed by atoms with Gasteiger partial charge in [0.05, 0.1) is 31.0 Å². The Morgan fingerprint density at radius 3 is 2.59 bits per heavy atom. The van der Waals surface area contributed by atoms with Crippen LogP contribution < -0.4 is 20.3 Å². The van der Waals surface area contributed by atoms with Crippen molar-refractivity contribution in [3.63, 3.8) is 0 Å². The number of nitrogens with zero attached hydrogens (tertiary/aromatic N) is 2. The van der Waals surface area contributed by atoms with Crippen molar-refractivity contribution < 1.29 is 19.1 Å². The third-order valence-corrected chi connectivity index (χ3v) is 6.25. The molecule has 2 aromatic rings. The standard InChI is InChI=1S/C25H29ClN4O4/c1-3-34-24(31)22-19(27-25(32)28-23(22)17-7-6-8-18(26)15-17)16-29-11-13-30(14-12-29)20-9-4-5-10-21(20)33-2/h4-10,15,23H,3,11-14,16H2,1-2H3,(H2,27,28,32). The van der Waals surface area contributed by atoms with Gasteiger partial charge < -0.3 is 25.0 Å². The summed E-state index contributed by atoms with van der Waals surface area (Å²) in [5, 5.41) is 6.23. The summed E-state index contributed by atoms with van der Waals surface area (Å²) in [6.07, 6.45) is 0. The van der Waals surface area contributed by atoms with Crippen LogP contribution in [0.15, 0.2) is 59.8 Å². The zero-order chi connectivity index (χ0) is 24.1.